The molecule has 0 aliphatic rings. The smallest absolute Gasteiger partial charge is 0.158 e. The quantitative estimate of drug-likeness (QED) is 0.720. The predicted octanol–water partition coefficient (Wildman–Crippen LogP) is 2.51. The fourth-order valence-corrected chi connectivity index (χ4v) is 1.55. The van der Waals surface area contributed by atoms with E-state index >= 15 is 0 Å². The molecular formula is C11H18ClN3O. The molecule has 1 aromatic heterocycles. The molecule has 0 aromatic carbocycles. The molecule has 0 aliphatic heterocycles. The van der Waals surface area contributed by atoms with Gasteiger partial charge >= 0.3 is 0 Å². The maximum absolute atomic E-state index is 5.94. The van der Waals surface area contributed by atoms with E-state index < -0.39 is 0 Å². The summed E-state index contributed by atoms with van der Waals surface area (Å²) in [6.07, 6.45) is 1.07. The Kier molecular flexibility index (Phi) is 5.49. The van der Waals surface area contributed by atoms with Crippen LogP contribution in [0.5, 0.6) is 0 Å². The van der Waals surface area contributed by atoms with Gasteiger partial charge in [-0.2, -0.15) is 0 Å². The monoisotopic (exact) mass is 243 g/mol. The summed E-state index contributed by atoms with van der Waals surface area (Å²) in [6.45, 7) is 6.07. The van der Waals surface area contributed by atoms with Crippen LogP contribution in [0.4, 0.5) is 5.82 Å². The average Bonchev–Trinajstić information content (AvgIpc) is 2.26. The molecule has 1 heterocycles. The summed E-state index contributed by atoms with van der Waals surface area (Å²) >= 11 is 5.94. The van der Waals surface area contributed by atoms with Gasteiger partial charge in [-0.05, 0) is 13.3 Å². The average molecular weight is 244 g/mol. The van der Waals surface area contributed by atoms with Crippen LogP contribution >= 0.6 is 11.6 Å². The number of rotatable bonds is 6. The van der Waals surface area contributed by atoms with Crippen molar-refractivity contribution in [2.75, 3.05) is 25.1 Å². The number of ether oxygens (including phenoxy) is 1. The number of anilines is 1. The van der Waals surface area contributed by atoms with Crippen molar-refractivity contribution < 1.29 is 4.74 Å². The SMILES string of the molecule is CCCN(C)c1cc(Cl)nc(COCC)n1. The van der Waals surface area contributed by atoms with Crippen LogP contribution in [0.2, 0.25) is 5.15 Å². The van der Waals surface area contributed by atoms with E-state index in [1.165, 1.54) is 0 Å². The Morgan fingerprint density at radius 1 is 1.38 bits per heavy atom. The van der Waals surface area contributed by atoms with Crippen molar-refractivity contribution in [3.8, 4) is 0 Å². The molecule has 4 nitrogen and oxygen atoms in total. The number of halogens is 1. The maximum atomic E-state index is 5.94. The van der Waals surface area contributed by atoms with Gasteiger partial charge in [0.15, 0.2) is 5.82 Å². The lowest BCUT2D eigenvalue weighted by atomic mass is 10.4. The third-order valence-electron chi connectivity index (χ3n) is 2.11. The Hall–Kier alpha value is -0.870. The van der Waals surface area contributed by atoms with Crippen LogP contribution in [0.1, 0.15) is 26.1 Å². The standard InChI is InChI=1S/C11H18ClN3O/c1-4-6-15(3)11-7-9(12)13-10(14-11)8-16-5-2/h7H,4-6,8H2,1-3H3. The molecule has 0 radical (unpaired) electrons. The summed E-state index contributed by atoms with van der Waals surface area (Å²) in [5.74, 6) is 1.48. The highest BCUT2D eigenvalue weighted by atomic mass is 35.5. The molecule has 0 amide bonds. The van der Waals surface area contributed by atoms with Gasteiger partial charge in [0.05, 0.1) is 0 Å². The summed E-state index contributed by atoms with van der Waals surface area (Å²) in [5, 5.41) is 0.461. The minimum absolute atomic E-state index is 0.407. The highest BCUT2D eigenvalue weighted by molar-refractivity contribution is 6.29. The Morgan fingerprint density at radius 3 is 2.75 bits per heavy atom. The van der Waals surface area contributed by atoms with Crippen LogP contribution in [-0.4, -0.2) is 30.2 Å². The molecule has 1 aromatic rings. The van der Waals surface area contributed by atoms with Crippen LogP contribution in [0, 0.1) is 0 Å². The van der Waals surface area contributed by atoms with Crippen molar-refractivity contribution in [2.45, 2.75) is 26.9 Å². The topological polar surface area (TPSA) is 38.2 Å². The Morgan fingerprint density at radius 2 is 2.12 bits per heavy atom. The maximum Gasteiger partial charge on any atom is 0.158 e. The molecule has 0 N–H and O–H groups in total. The second-order valence-electron chi connectivity index (χ2n) is 3.52. The highest BCUT2D eigenvalue weighted by Gasteiger charge is 2.06. The molecule has 1 rings (SSSR count). The molecule has 0 bridgehead atoms. The minimum Gasteiger partial charge on any atom is -0.374 e. The van der Waals surface area contributed by atoms with E-state index in [1.54, 1.807) is 6.07 Å². The Balaban J connectivity index is 2.80. The zero-order valence-electron chi connectivity index (χ0n) is 10.0. The molecule has 90 valence electrons. The first-order valence-electron chi connectivity index (χ1n) is 5.49. The summed E-state index contributed by atoms with van der Waals surface area (Å²) in [5.41, 5.74) is 0. The van der Waals surface area contributed by atoms with Gasteiger partial charge in [0.25, 0.3) is 0 Å². The van der Waals surface area contributed by atoms with Gasteiger partial charge < -0.3 is 9.64 Å². The van der Waals surface area contributed by atoms with E-state index in [0.717, 1.165) is 18.8 Å². The molecule has 0 saturated carbocycles. The molecule has 0 saturated heterocycles. The van der Waals surface area contributed by atoms with Crippen LogP contribution in [0.3, 0.4) is 0 Å². The van der Waals surface area contributed by atoms with Crippen molar-refractivity contribution >= 4 is 17.4 Å². The lowest BCUT2D eigenvalue weighted by molar-refractivity contribution is 0.128. The summed E-state index contributed by atoms with van der Waals surface area (Å²) < 4.78 is 5.27. The van der Waals surface area contributed by atoms with Crippen molar-refractivity contribution in [3.63, 3.8) is 0 Å². The first kappa shape index (κ1) is 13.2. The second kappa shape index (κ2) is 6.66. The molecule has 0 aliphatic carbocycles. The molecule has 5 heteroatoms. The first-order valence-corrected chi connectivity index (χ1v) is 5.87. The fourth-order valence-electron chi connectivity index (χ4n) is 1.36. The van der Waals surface area contributed by atoms with Crippen LogP contribution < -0.4 is 4.90 Å². The number of hydrogen-bond donors (Lipinski definition) is 0. The van der Waals surface area contributed by atoms with E-state index in [4.69, 9.17) is 16.3 Å². The predicted molar refractivity (Wildman–Crippen MR) is 65.9 cm³/mol. The molecule has 0 spiro atoms. The van der Waals surface area contributed by atoms with Gasteiger partial charge in [0.1, 0.15) is 17.6 Å². The van der Waals surface area contributed by atoms with Crippen molar-refractivity contribution in [1.82, 2.24) is 9.97 Å². The summed E-state index contributed by atoms with van der Waals surface area (Å²) in [4.78, 5) is 10.6. The molecule has 0 unspecified atom stereocenters. The van der Waals surface area contributed by atoms with Gasteiger partial charge in [-0.15, -0.1) is 0 Å². The van der Waals surface area contributed by atoms with Crippen molar-refractivity contribution in [1.29, 1.82) is 0 Å². The first-order chi connectivity index (χ1) is 7.67. The molecular weight excluding hydrogens is 226 g/mol. The van der Waals surface area contributed by atoms with Gasteiger partial charge in [-0.3, -0.25) is 0 Å². The zero-order valence-corrected chi connectivity index (χ0v) is 10.8. The summed E-state index contributed by atoms with van der Waals surface area (Å²) in [7, 11) is 1.99. The normalized spacial score (nSPS) is 10.5. The molecule has 16 heavy (non-hydrogen) atoms. The summed E-state index contributed by atoms with van der Waals surface area (Å²) in [6, 6.07) is 1.77. The minimum atomic E-state index is 0.407. The number of nitrogens with zero attached hydrogens (tertiary/aromatic N) is 3. The van der Waals surface area contributed by atoms with E-state index in [2.05, 4.69) is 21.8 Å². The molecule has 0 fully saturated rings. The van der Waals surface area contributed by atoms with Crippen LogP contribution in [-0.2, 0) is 11.3 Å². The number of hydrogen-bond acceptors (Lipinski definition) is 4. The fraction of sp³-hybridized carbons (Fsp3) is 0.636. The largest absolute Gasteiger partial charge is 0.374 e. The zero-order chi connectivity index (χ0) is 12.0. The van der Waals surface area contributed by atoms with Gasteiger partial charge in [-0.1, -0.05) is 18.5 Å². The van der Waals surface area contributed by atoms with E-state index in [0.29, 0.717) is 24.2 Å². The van der Waals surface area contributed by atoms with E-state index in [9.17, 15) is 0 Å². The third-order valence-corrected chi connectivity index (χ3v) is 2.31. The van der Waals surface area contributed by atoms with Crippen LogP contribution in [0.25, 0.3) is 0 Å². The lowest BCUT2D eigenvalue weighted by Crippen LogP contribution is -2.20. The highest BCUT2D eigenvalue weighted by Crippen LogP contribution is 2.15. The van der Waals surface area contributed by atoms with Gasteiger partial charge in [-0.25, -0.2) is 9.97 Å². The second-order valence-corrected chi connectivity index (χ2v) is 3.91. The van der Waals surface area contributed by atoms with E-state index in [1.807, 2.05) is 14.0 Å². The Labute approximate surface area is 102 Å². The lowest BCUT2D eigenvalue weighted by Gasteiger charge is -2.17. The van der Waals surface area contributed by atoms with Crippen molar-refractivity contribution in [3.05, 3.63) is 17.0 Å². The van der Waals surface area contributed by atoms with Gasteiger partial charge in [0.2, 0.25) is 0 Å². The van der Waals surface area contributed by atoms with Gasteiger partial charge in [0, 0.05) is 26.3 Å². The van der Waals surface area contributed by atoms with Crippen molar-refractivity contribution in [2.24, 2.45) is 0 Å². The third kappa shape index (κ3) is 3.94. The molecule has 0 atom stereocenters. The number of aromatic nitrogens is 2. The van der Waals surface area contributed by atoms with E-state index in [-0.39, 0.29) is 0 Å². The Bertz CT molecular complexity index is 333. The van der Waals surface area contributed by atoms with Crippen LogP contribution in [0.15, 0.2) is 6.07 Å².